The predicted octanol–water partition coefficient (Wildman–Crippen LogP) is 4.57. The molecule has 0 aromatic rings. The van der Waals surface area contributed by atoms with Gasteiger partial charge in [-0.2, -0.15) is 0 Å². The van der Waals surface area contributed by atoms with Gasteiger partial charge in [0.25, 0.3) is 0 Å². The molecule has 1 unspecified atom stereocenters. The lowest BCUT2D eigenvalue weighted by molar-refractivity contribution is 0.321. The molecule has 0 aromatic carbocycles. The Morgan fingerprint density at radius 2 is 1.33 bits per heavy atom. The Bertz CT molecular complexity index is 92.0. The molecule has 0 aromatic heterocycles. The van der Waals surface area contributed by atoms with Crippen LogP contribution < -0.4 is 0 Å². The Kier molecular flexibility index (Phi) is 16.2. The molecule has 0 heterocycles. The quantitative estimate of drug-likeness (QED) is 0.601. The lowest BCUT2D eigenvalue weighted by atomic mass is 10.0. The average molecular weight is 215 g/mol. The van der Waals surface area contributed by atoms with Crippen LogP contribution in [0.25, 0.3) is 0 Å². The summed E-state index contributed by atoms with van der Waals surface area (Å²) in [4.78, 5) is 2.38. The van der Waals surface area contributed by atoms with Crippen molar-refractivity contribution < 1.29 is 0 Å². The summed E-state index contributed by atoms with van der Waals surface area (Å²) < 4.78 is 0. The zero-order valence-corrected chi connectivity index (χ0v) is 12.0. The smallest absolute Gasteiger partial charge is 0.00474 e. The Balaban J connectivity index is 0. The van der Waals surface area contributed by atoms with Crippen LogP contribution in [0.4, 0.5) is 0 Å². The van der Waals surface area contributed by atoms with Gasteiger partial charge in [-0.15, -0.1) is 0 Å². The summed E-state index contributed by atoms with van der Waals surface area (Å²) in [5.41, 5.74) is 0. The van der Waals surface area contributed by atoms with Gasteiger partial charge in [0.15, 0.2) is 0 Å². The minimum Gasteiger partial charge on any atom is -0.304 e. The molecule has 0 saturated heterocycles. The molecule has 1 nitrogen and oxygen atoms in total. The first-order valence-corrected chi connectivity index (χ1v) is 6.88. The third-order valence-electron chi connectivity index (χ3n) is 3.09. The van der Waals surface area contributed by atoms with Gasteiger partial charge < -0.3 is 4.90 Å². The van der Waals surface area contributed by atoms with E-state index in [9.17, 15) is 0 Å². The molecule has 0 aliphatic heterocycles. The van der Waals surface area contributed by atoms with E-state index < -0.39 is 0 Å². The summed E-state index contributed by atoms with van der Waals surface area (Å²) in [7, 11) is 0. The van der Waals surface area contributed by atoms with Gasteiger partial charge >= 0.3 is 0 Å². The van der Waals surface area contributed by atoms with Crippen LogP contribution in [0.15, 0.2) is 0 Å². The minimum atomic E-state index is 0.954. The Hall–Kier alpha value is -0.0400. The number of hydrogen-bond donors (Lipinski definition) is 0. The molecule has 0 radical (unpaired) electrons. The summed E-state index contributed by atoms with van der Waals surface area (Å²) >= 11 is 0. The fraction of sp³-hybridized carbons (Fsp3) is 1.00. The molecule has 1 heteroatoms. The van der Waals surface area contributed by atoms with Crippen molar-refractivity contribution in [3.05, 3.63) is 0 Å². The van der Waals surface area contributed by atoms with Gasteiger partial charge in [0, 0.05) is 0 Å². The molecule has 0 fully saturated rings. The fourth-order valence-electron chi connectivity index (χ4n) is 1.43. The Morgan fingerprint density at radius 1 is 0.867 bits per heavy atom. The topological polar surface area (TPSA) is 3.24 Å². The number of rotatable bonds is 7. The summed E-state index contributed by atoms with van der Waals surface area (Å²) in [6.45, 7) is 17.0. The zero-order valence-electron chi connectivity index (χ0n) is 12.0. The second-order valence-electron chi connectivity index (χ2n) is 4.28. The Morgan fingerprint density at radius 3 is 1.53 bits per heavy atom. The highest BCUT2D eigenvalue weighted by Gasteiger charge is 1.94. The van der Waals surface area contributed by atoms with Crippen molar-refractivity contribution in [2.45, 2.75) is 67.2 Å². The van der Waals surface area contributed by atoms with Crippen LogP contribution in [-0.4, -0.2) is 24.5 Å². The maximum atomic E-state index is 2.38. The van der Waals surface area contributed by atoms with Gasteiger partial charge in [-0.25, -0.2) is 0 Å². The van der Waals surface area contributed by atoms with Crippen molar-refractivity contribution in [1.82, 2.24) is 4.90 Å². The summed E-state index contributed by atoms with van der Waals surface area (Å²) in [6.07, 6.45) is 5.53. The van der Waals surface area contributed by atoms with E-state index in [1.165, 1.54) is 45.3 Å². The van der Waals surface area contributed by atoms with E-state index >= 15 is 0 Å². The van der Waals surface area contributed by atoms with Crippen LogP contribution in [0.3, 0.4) is 0 Å². The molecule has 0 rings (SSSR count). The summed E-state index contributed by atoms with van der Waals surface area (Å²) in [6, 6.07) is 0. The van der Waals surface area contributed by atoms with Crippen LogP contribution in [-0.2, 0) is 0 Å². The van der Waals surface area contributed by atoms with Crippen molar-refractivity contribution in [2.24, 2.45) is 5.92 Å². The maximum absolute atomic E-state index is 2.38. The average Bonchev–Trinajstić information content (AvgIpc) is 2.29. The maximum Gasteiger partial charge on any atom is -0.00474 e. The first-order valence-electron chi connectivity index (χ1n) is 6.88. The van der Waals surface area contributed by atoms with Crippen LogP contribution in [0.1, 0.15) is 67.2 Å². The SMILES string of the molecule is CCCCC(C)CC.CCN(CC)CC. The third kappa shape index (κ3) is 14.0. The van der Waals surface area contributed by atoms with Gasteiger partial charge in [-0.1, -0.05) is 67.2 Å². The highest BCUT2D eigenvalue weighted by Crippen LogP contribution is 2.09. The van der Waals surface area contributed by atoms with Gasteiger partial charge in [-0.05, 0) is 25.6 Å². The molecular weight excluding hydrogens is 182 g/mol. The van der Waals surface area contributed by atoms with E-state index in [1.54, 1.807) is 0 Å². The van der Waals surface area contributed by atoms with Gasteiger partial charge in [0.2, 0.25) is 0 Å². The van der Waals surface area contributed by atoms with Crippen molar-refractivity contribution in [3.63, 3.8) is 0 Å². The van der Waals surface area contributed by atoms with E-state index in [2.05, 4.69) is 46.4 Å². The first-order chi connectivity index (χ1) is 7.15. The largest absolute Gasteiger partial charge is 0.304 e. The van der Waals surface area contributed by atoms with E-state index in [1.807, 2.05) is 0 Å². The molecule has 1 atom stereocenters. The van der Waals surface area contributed by atoms with Crippen molar-refractivity contribution in [1.29, 1.82) is 0 Å². The molecule has 0 saturated carbocycles. The van der Waals surface area contributed by atoms with Gasteiger partial charge in [0.05, 0.1) is 0 Å². The highest BCUT2D eigenvalue weighted by atomic mass is 15.1. The first kappa shape index (κ1) is 17.4. The van der Waals surface area contributed by atoms with Crippen LogP contribution >= 0.6 is 0 Å². The van der Waals surface area contributed by atoms with Crippen molar-refractivity contribution in [2.75, 3.05) is 19.6 Å². The molecule has 0 aliphatic carbocycles. The Labute approximate surface area is 98.2 Å². The zero-order chi connectivity index (χ0) is 12.1. The highest BCUT2D eigenvalue weighted by molar-refractivity contribution is 4.47. The number of nitrogens with zero attached hydrogens (tertiary/aromatic N) is 1. The van der Waals surface area contributed by atoms with Crippen LogP contribution in [0.2, 0.25) is 0 Å². The monoisotopic (exact) mass is 215 g/mol. The summed E-state index contributed by atoms with van der Waals surface area (Å²) in [5.74, 6) is 0.954. The molecule has 15 heavy (non-hydrogen) atoms. The van der Waals surface area contributed by atoms with E-state index in [-0.39, 0.29) is 0 Å². The molecule has 0 N–H and O–H groups in total. The van der Waals surface area contributed by atoms with Crippen LogP contribution in [0.5, 0.6) is 0 Å². The molecule has 0 amide bonds. The van der Waals surface area contributed by atoms with E-state index in [4.69, 9.17) is 0 Å². The van der Waals surface area contributed by atoms with Gasteiger partial charge in [-0.3, -0.25) is 0 Å². The van der Waals surface area contributed by atoms with Crippen molar-refractivity contribution in [3.8, 4) is 0 Å². The van der Waals surface area contributed by atoms with E-state index in [0.717, 1.165) is 5.92 Å². The normalized spacial score (nSPS) is 12.2. The lowest BCUT2D eigenvalue weighted by Gasteiger charge is -2.13. The minimum absolute atomic E-state index is 0.954. The molecule has 0 spiro atoms. The van der Waals surface area contributed by atoms with Crippen molar-refractivity contribution >= 4 is 0 Å². The number of unbranched alkanes of at least 4 members (excludes halogenated alkanes) is 1. The second kappa shape index (κ2) is 14.0. The molecule has 94 valence electrons. The van der Waals surface area contributed by atoms with Gasteiger partial charge in [0.1, 0.15) is 0 Å². The molecule has 0 aliphatic rings. The fourth-order valence-corrected chi connectivity index (χ4v) is 1.43. The number of hydrogen-bond acceptors (Lipinski definition) is 1. The molecular formula is C14H33N. The predicted molar refractivity (Wildman–Crippen MR) is 72.4 cm³/mol. The molecule has 0 bridgehead atoms. The van der Waals surface area contributed by atoms with E-state index in [0.29, 0.717) is 0 Å². The lowest BCUT2D eigenvalue weighted by Crippen LogP contribution is -2.21. The summed E-state index contributed by atoms with van der Waals surface area (Å²) in [5, 5.41) is 0. The standard InChI is InChI=1S/C8H18.C6H15N/c1-4-6-7-8(3)5-2;1-4-7(5-2)6-3/h8H,4-7H2,1-3H3;4-6H2,1-3H3. The third-order valence-corrected chi connectivity index (χ3v) is 3.09. The van der Waals surface area contributed by atoms with Crippen LogP contribution in [0, 0.1) is 5.92 Å². The second-order valence-corrected chi connectivity index (χ2v) is 4.28.